The summed E-state index contributed by atoms with van der Waals surface area (Å²) >= 11 is 1.29. The molecule has 118 valence electrons. The Balaban J connectivity index is 2.38. The number of carbonyl (C=O) groups is 1. The summed E-state index contributed by atoms with van der Waals surface area (Å²) in [6.07, 6.45) is 5.30. The molecule has 1 fully saturated rings. The summed E-state index contributed by atoms with van der Waals surface area (Å²) in [4.78, 5) is 15.3. The predicted molar refractivity (Wildman–Crippen MR) is 83.0 cm³/mol. The first-order valence-electron chi connectivity index (χ1n) is 7.29. The van der Waals surface area contributed by atoms with E-state index in [9.17, 15) is 4.79 Å². The number of imidazole rings is 1. The Labute approximate surface area is 130 Å². The Morgan fingerprint density at radius 1 is 1.52 bits per heavy atom. The third-order valence-corrected chi connectivity index (χ3v) is 4.86. The summed E-state index contributed by atoms with van der Waals surface area (Å²) in [5, 5.41) is 9.70. The molecule has 5 nitrogen and oxygen atoms in total. The molecule has 21 heavy (non-hydrogen) atoms. The quantitative estimate of drug-likeness (QED) is 0.846. The fraction of sp³-hybridized carbons (Fsp3) is 0.733. The molecule has 0 aromatic carbocycles. The summed E-state index contributed by atoms with van der Waals surface area (Å²) in [5.74, 6) is -0.785. The topological polar surface area (TPSA) is 64.4 Å². The smallest absolute Gasteiger partial charge is 0.313 e. The molecule has 0 bridgehead atoms. The van der Waals surface area contributed by atoms with Crippen molar-refractivity contribution in [3.8, 4) is 0 Å². The van der Waals surface area contributed by atoms with Gasteiger partial charge < -0.3 is 14.4 Å². The maximum atomic E-state index is 10.8. The molecule has 2 atom stereocenters. The van der Waals surface area contributed by atoms with Crippen molar-refractivity contribution in [2.75, 3.05) is 12.9 Å². The summed E-state index contributed by atoms with van der Waals surface area (Å²) < 4.78 is 7.84. The van der Waals surface area contributed by atoms with Gasteiger partial charge in [0.05, 0.1) is 17.9 Å². The van der Waals surface area contributed by atoms with E-state index in [2.05, 4.69) is 30.3 Å². The van der Waals surface area contributed by atoms with Gasteiger partial charge in [0, 0.05) is 24.4 Å². The standard InChI is InChI=1S/C15H24N2O3S/c1-15(2,3)12-8-16-14(21-9-13(18)19)17(12)10-6-5-7-11(10)20-4/h8,10-11H,5-7,9H2,1-4H3,(H,18,19). The molecule has 1 heterocycles. The van der Waals surface area contributed by atoms with Crippen LogP contribution >= 0.6 is 11.8 Å². The number of thioether (sulfide) groups is 1. The van der Waals surface area contributed by atoms with Gasteiger partial charge in [-0.25, -0.2) is 4.98 Å². The van der Waals surface area contributed by atoms with E-state index in [4.69, 9.17) is 9.84 Å². The van der Waals surface area contributed by atoms with Gasteiger partial charge in [0.25, 0.3) is 0 Å². The van der Waals surface area contributed by atoms with Crippen LogP contribution in [-0.4, -0.2) is 39.6 Å². The lowest BCUT2D eigenvalue weighted by Crippen LogP contribution is -2.27. The maximum absolute atomic E-state index is 10.8. The number of ether oxygens (including phenoxy) is 1. The first kappa shape index (κ1) is 16.4. The van der Waals surface area contributed by atoms with E-state index in [0.29, 0.717) is 0 Å². The molecule has 0 amide bonds. The number of hydrogen-bond donors (Lipinski definition) is 1. The molecule has 1 aromatic rings. The van der Waals surface area contributed by atoms with Gasteiger partial charge in [-0.2, -0.15) is 0 Å². The molecule has 0 saturated heterocycles. The molecule has 0 radical (unpaired) electrons. The predicted octanol–water partition coefficient (Wildman–Crippen LogP) is 3.10. The highest BCUT2D eigenvalue weighted by Crippen LogP contribution is 2.39. The highest BCUT2D eigenvalue weighted by atomic mass is 32.2. The van der Waals surface area contributed by atoms with Crippen LogP contribution < -0.4 is 0 Å². The van der Waals surface area contributed by atoms with Crippen LogP contribution in [0.5, 0.6) is 0 Å². The number of nitrogens with zero attached hydrogens (tertiary/aromatic N) is 2. The summed E-state index contributed by atoms with van der Waals surface area (Å²) in [7, 11) is 1.75. The first-order chi connectivity index (χ1) is 9.84. The molecule has 2 rings (SSSR count). The van der Waals surface area contributed by atoms with Crippen LogP contribution in [0.25, 0.3) is 0 Å². The molecule has 1 aliphatic carbocycles. The summed E-state index contributed by atoms with van der Waals surface area (Å²) in [6, 6.07) is 0.253. The second kappa shape index (κ2) is 6.40. The van der Waals surface area contributed by atoms with E-state index < -0.39 is 5.97 Å². The number of rotatable bonds is 5. The summed E-state index contributed by atoms with van der Waals surface area (Å²) in [5.41, 5.74) is 1.11. The zero-order valence-electron chi connectivity index (χ0n) is 13.1. The van der Waals surface area contributed by atoms with Gasteiger partial charge in [-0.15, -0.1) is 0 Å². The molecular formula is C15H24N2O3S. The minimum Gasteiger partial charge on any atom is -0.481 e. The van der Waals surface area contributed by atoms with Crippen molar-refractivity contribution in [3.63, 3.8) is 0 Å². The van der Waals surface area contributed by atoms with Gasteiger partial charge in [0.15, 0.2) is 5.16 Å². The van der Waals surface area contributed by atoms with E-state index in [1.807, 2.05) is 6.20 Å². The number of aromatic nitrogens is 2. The fourth-order valence-corrected chi connectivity index (χ4v) is 3.68. The lowest BCUT2D eigenvalue weighted by Gasteiger charge is -2.28. The van der Waals surface area contributed by atoms with Crippen LogP contribution in [0.4, 0.5) is 0 Å². The molecule has 1 saturated carbocycles. The Morgan fingerprint density at radius 2 is 2.24 bits per heavy atom. The van der Waals surface area contributed by atoms with E-state index in [1.165, 1.54) is 11.8 Å². The first-order valence-corrected chi connectivity index (χ1v) is 8.28. The second-order valence-corrected chi connectivity index (χ2v) is 7.44. The number of aliphatic carboxylic acids is 1. The lowest BCUT2D eigenvalue weighted by atomic mass is 9.92. The second-order valence-electron chi connectivity index (χ2n) is 6.50. The largest absolute Gasteiger partial charge is 0.481 e. The lowest BCUT2D eigenvalue weighted by molar-refractivity contribution is -0.133. The Bertz CT molecular complexity index is 508. The van der Waals surface area contributed by atoms with Gasteiger partial charge in [-0.05, 0) is 19.3 Å². The molecule has 1 N–H and O–H groups in total. The fourth-order valence-electron chi connectivity index (χ4n) is 2.93. The number of hydrogen-bond acceptors (Lipinski definition) is 4. The third kappa shape index (κ3) is 3.61. The van der Waals surface area contributed by atoms with Crippen LogP contribution in [0.1, 0.15) is 51.8 Å². The van der Waals surface area contributed by atoms with E-state index in [0.717, 1.165) is 30.1 Å². The number of carboxylic acids is 1. The van der Waals surface area contributed by atoms with Gasteiger partial charge in [-0.3, -0.25) is 4.79 Å². The van der Waals surface area contributed by atoms with Crippen molar-refractivity contribution in [2.24, 2.45) is 0 Å². The van der Waals surface area contributed by atoms with E-state index >= 15 is 0 Å². The maximum Gasteiger partial charge on any atom is 0.313 e. The average Bonchev–Trinajstić information content (AvgIpc) is 3.00. The Morgan fingerprint density at radius 3 is 2.81 bits per heavy atom. The van der Waals surface area contributed by atoms with Crippen molar-refractivity contribution in [1.82, 2.24) is 9.55 Å². The molecular weight excluding hydrogens is 288 g/mol. The Kier molecular flexibility index (Phi) is 4.99. The van der Waals surface area contributed by atoms with Gasteiger partial charge >= 0.3 is 5.97 Å². The molecule has 1 aromatic heterocycles. The molecule has 0 spiro atoms. The van der Waals surface area contributed by atoms with E-state index in [-0.39, 0.29) is 23.3 Å². The number of methoxy groups -OCH3 is 1. The summed E-state index contributed by atoms with van der Waals surface area (Å²) in [6.45, 7) is 6.47. The Hall–Kier alpha value is -1.01. The van der Waals surface area contributed by atoms with Crippen molar-refractivity contribution >= 4 is 17.7 Å². The molecule has 1 aliphatic rings. The zero-order valence-corrected chi connectivity index (χ0v) is 13.9. The van der Waals surface area contributed by atoms with Gasteiger partial charge in [-0.1, -0.05) is 32.5 Å². The highest BCUT2D eigenvalue weighted by Gasteiger charge is 2.34. The van der Waals surface area contributed by atoms with Crippen LogP contribution in [0.2, 0.25) is 0 Å². The number of carboxylic acid groups (broad SMARTS) is 1. The van der Waals surface area contributed by atoms with Crippen LogP contribution in [0, 0.1) is 0 Å². The third-order valence-electron chi connectivity index (χ3n) is 3.91. The minimum atomic E-state index is -0.818. The van der Waals surface area contributed by atoms with Crippen LogP contribution in [-0.2, 0) is 14.9 Å². The van der Waals surface area contributed by atoms with Crippen molar-refractivity contribution in [1.29, 1.82) is 0 Å². The van der Waals surface area contributed by atoms with Gasteiger partial charge in [0.2, 0.25) is 0 Å². The SMILES string of the molecule is COC1CCCC1n1c(C(C)(C)C)cnc1SCC(=O)O. The highest BCUT2D eigenvalue weighted by molar-refractivity contribution is 7.99. The molecule has 2 unspecified atom stereocenters. The van der Waals surface area contributed by atoms with Crippen molar-refractivity contribution < 1.29 is 14.6 Å². The van der Waals surface area contributed by atoms with Gasteiger partial charge in [0.1, 0.15) is 0 Å². The van der Waals surface area contributed by atoms with Crippen LogP contribution in [0.3, 0.4) is 0 Å². The monoisotopic (exact) mass is 312 g/mol. The normalized spacial score (nSPS) is 22.7. The zero-order chi connectivity index (χ0) is 15.6. The van der Waals surface area contributed by atoms with Crippen molar-refractivity contribution in [2.45, 2.75) is 62.8 Å². The molecule has 0 aliphatic heterocycles. The van der Waals surface area contributed by atoms with Crippen molar-refractivity contribution in [3.05, 3.63) is 11.9 Å². The average molecular weight is 312 g/mol. The van der Waals surface area contributed by atoms with E-state index in [1.54, 1.807) is 7.11 Å². The minimum absolute atomic E-state index is 0.0318. The van der Waals surface area contributed by atoms with Crippen LogP contribution in [0.15, 0.2) is 11.4 Å². The molecule has 6 heteroatoms.